The van der Waals surface area contributed by atoms with Gasteiger partial charge < -0.3 is 10.2 Å². The molecule has 11 heteroatoms. The number of benzene rings is 2. The molecule has 1 N–H and O–H groups in total. The van der Waals surface area contributed by atoms with Crippen molar-refractivity contribution < 1.29 is 18.0 Å². The van der Waals surface area contributed by atoms with Crippen LogP contribution < -0.4 is 9.62 Å². The average Bonchev–Trinajstić information content (AvgIpc) is 2.76. The molecule has 0 aliphatic rings. The summed E-state index contributed by atoms with van der Waals surface area (Å²) in [7, 11) is -3.86. The number of anilines is 1. The van der Waals surface area contributed by atoms with Gasteiger partial charge in [0.15, 0.2) is 0 Å². The number of carbonyl (C=O) groups is 2. The number of halogens is 3. The van der Waals surface area contributed by atoms with Gasteiger partial charge in [-0.2, -0.15) is 0 Å². The third-order valence-electron chi connectivity index (χ3n) is 5.39. The molecule has 35 heavy (non-hydrogen) atoms. The molecule has 192 valence electrons. The SMILES string of the molecule is Cc1c(Cl)cccc1N(CC(=O)N(Cc1ccc(Cl)cc1Cl)C(C)C(=O)NCC(C)C)S(C)(=O)=O. The Balaban J connectivity index is 2.45. The monoisotopic (exact) mass is 561 g/mol. The van der Waals surface area contributed by atoms with E-state index in [2.05, 4.69) is 5.32 Å². The van der Waals surface area contributed by atoms with Crippen LogP contribution in [0.3, 0.4) is 0 Å². The zero-order valence-electron chi connectivity index (χ0n) is 20.3. The summed E-state index contributed by atoms with van der Waals surface area (Å²) >= 11 is 18.5. The fourth-order valence-corrected chi connectivity index (χ4v) is 4.87. The van der Waals surface area contributed by atoms with E-state index in [9.17, 15) is 18.0 Å². The lowest BCUT2D eigenvalue weighted by molar-refractivity contribution is -0.139. The Kier molecular flexibility index (Phi) is 10.3. The van der Waals surface area contributed by atoms with Crippen molar-refractivity contribution in [2.45, 2.75) is 40.3 Å². The molecule has 0 aliphatic carbocycles. The van der Waals surface area contributed by atoms with Crippen molar-refractivity contribution in [2.24, 2.45) is 5.92 Å². The van der Waals surface area contributed by atoms with Crippen molar-refractivity contribution >= 4 is 62.3 Å². The fourth-order valence-electron chi connectivity index (χ4n) is 3.33. The maximum Gasteiger partial charge on any atom is 0.244 e. The maximum absolute atomic E-state index is 13.6. The second-order valence-corrected chi connectivity index (χ2v) is 11.9. The van der Waals surface area contributed by atoms with E-state index < -0.39 is 28.5 Å². The molecule has 0 spiro atoms. The first kappa shape index (κ1) is 29.2. The van der Waals surface area contributed by atoms with Crippen LogP contribution in [0.2, 0.25) is 15.1 Å². The molecule has 7 nitrogen and oxygen atoms in total. The second kappa shape index (κ2) is 12.3. The smallest absolute Gasteiger partial charge is 0.244 e. The largest absolute Gasteiger partial charge is 0.354 e. The minimum atomic E-state index is -3.86. The summed E-state index contributed by atoms with van der Waals surface area (Å²) in [6.45, 7) is 7.08. The third kappa shape index (κ3) is 8.00. The molecule has 1 atom stereocenters. The van der Waals surface area contributed by atoms with Crippen molar-refractivity contribution in [1.29, 1.82) is 0 Å². The Hall–Kier alpha value is -2.00. The van der Waals surface area contributed by atoms with Crippen LogP contribution in [0, 0.1) is 12.8 Å². The van der Waals surface area contributed by atoms with Gasteiger partial charge in [-0.3, -0.25) is 13.9 Å². The molecule has 2 amide bonds. The van der Waals surface area contributed by atoms with E-state index in [1.165, 1.54) is 4.90 Å². The lowest BCUT2D eigenvalue weighted by Crippen LogP contribution is -2.51. The van der Waals surface area contributed by atoms with Crippen LogP contribution in [-0.2, 0) is 26.2 Å². The van der Waals surface area contributed by atoms with Crippen LogP contribution in [-0.4, -0.2) is 50.5 Å². The van der Waals surface area contributed by atoms with Crippen molar-refractivity contribution in [3.63, 3.8) is 0 Å². The molecule has 2 rings (SSSR count). The van der Waals surface area contributed by atoms with Crippen LogP contribution in [0.25, 0.3) is 0 Å². The van der Waals surface area contributed by atoms with Gasteiger partial charge in [-0.15, -0.1) is 0 Å². The maximum atomic E-state index is 13.6. The Bertz CT molecular complexity index is 1190. The molecule has 0 radical (unpaired) electrons. The summed E-state index contributed by atoms with van der Waals surface area (Å²) in [6.07, 6.45) is 1.01. The summed E-state index contributed by atoms with van der Waals surface area (Å²) in [5.74, 6) is -0.720. The first-order valence-electron chi connectivity index (χ1n) is 11.0. The fraction of sp³-hybridized carbons (Fsp3) is 0.417. The molecule has 0 heterocycles. The summed E-state index contributed by atoms with van der Waals surface area (Å²) in [5, 5.41) is 3.95. The zero-order chi connectivity index (χ0) is 26.5. The third-order valence-corrected chi connectivity index (χ3v) is 7.52. The standard InChI is InChI=1S/C24H30Cl3N3O4S/c1-15(2)12-28-24(32)17(4)29(13-18-9-10-19(25)11-21(18)27)23(31)14-30(35(5,33)34)22-8-6-7-20(26)16(22)3/h6-11,15,17H,12-14H2,1-5H3,(H,28,32). The summed E-state index contributed by atoms with van der Waals surface area (Å²) in [6, 6.07) is 8.78. The van der Waals surface area contributed by atoms with Crippen molar-refractivity contribution in [1.82, 2.24) is 10.2 Å². The van der Waals surface area contributed by atoms with Crippen molar-refractivity contribution in [3.05, 3.63) is 62.6 Å². The Morgan fingerprint density at radius 2 is 1.69 bits per heavy atom. The minimum Gasteiger partial charge on any atom is -0.354 e. The van der Waals surface area contributed by atoms with Gasteiger partial charge in [-0.25, -0.2) is 8.42 Å². The molecular weight excluding hydrogens is 533 g/mol. The molecular formula is C24H30Cl3N3O4S. The van der Waals surface area contributed by atoms with E-state index in [-0.39, 0.29) is 24.1 Å². The van der Waals surface area contributed by atoms with E-state index >= 15 is 0 Å². The molecule has 0 fully saturated rings. The van der Waals surface area contributed by atoms with Gasteiger partial charge in [-0.1, -0.05) is 60.8 Å². The van der Waals surface area contributed by atoms with Crippen molar-refractivity contribution in [3.8, 4) is 0 Å². The molecule has 0 saturated carbocycles. The number of sulfonamides is 1. The lowest BCUT2D eigenvalue weighted by atomic mass is 10.1. The van der Waals surface area contributed by atoms with E-state index in [0.717, 1.165) is 10.6 Å². The number of nitrogens with one attached hydrogen (secondary N) is 1. The predicted octanol–water partition coefficient (Wildman–Crippen LogP) is 4.91. The van der Waals surface area contributed by atoms with E-state index in [1.54, 1.807) is 50.2 Å². The summed E-state index contributed by atoms with van der Waals surface area (Å²) in [5.41, 5.74) is 1.37. The lowest BCUT2D eigenvalue weighted by Gasteiger charge is -2.32. The highest BCUT2D eigenvalue weighted by Crippen LogP contribution is 2.29. The van der Waals surface area contributed by atoms with Gasteiger partial charge >= 0.3 is 0 Å². The highest BCUT2D eigenvalue weighted by Gasteiger charge is 2.31. The number of nitrogens with zero attached hydrogens (tertiary/aromatic N) is 2. The summed E-state index contributed by atoms with van der Waals surface area (Å²) in [4.78, 5) is 27.7. The van der Waals surface area contributed by atoms with Crippen LogP contribution in [0.4, 0.5) is 5.69 Å². The number of hydrogen-bond donors (Lipinski definition) is 1. The molecule has 2 aromatic carbocycles. The van der Waals surface area contributed by atoms with Gasteiger partial charge in [0, 0.05) is 28.2 Å². The minimum absolute atomic E-state index is 0.0166. The van der Waals surface area contributed by atoms with Crippen LogP contribution >= 0.6 is 34.8 Å². The average molecular weight is 563 g/mol. The van der Waals surface area contributed by atoms with Gasteiger partial charge in [0.05, 0.1) is 11.9 Å². The quantitative estimate of drug-likeness (QED) is 0.446. The Labute approximate surface area is 222 Å². The first-order chi connectivity index (χ1) is 16.2. The van der Waals surface area contributed by atoms with Gasteiger partial charge in [0.2, 0.25) is 21.8 Å². The molecule has 2 aromatic rings. The Morgan fingerprint density at radius 1 is 1.03 bits per heavy atom. The topological polar surface area (TPSA) is 86.8 Å². The van der Waals surface area contributed by atoms with Gasteiger partial charge in [-0.05, 0) is 55.2 Å². The highest BCUT2D eigenvalue weighted by atomic mass is 35.5. The van der Waals surface area contributed by atoms with Crippen LogP contribution in [0.1, 0.15) is 31.9 Å². The Morgan fingerprint density at radius 3 is 2.26 bits per heavy atom. The second-order valence-electron chi connectivity index (χ2n) is 8.73. The van der Waals surface area contributed by atoms with E-state index in [0.29, 0.717) is 32.7 Å². The molecule has 0 aliphatic heterocycles. The first-order valence-corrected chi connectivity index (χ1v) is 13.9. The molecule has 0 bridgehead atoms. The van der Waals surface area contributed by atoms with Gasteiger partial charge in [0.1, 0.15) is 12.6 Å². The summed E-state index contributed by atoms with van der Waals surface area (Å²) < 4.78 is 26.4. The number of hydrogen-bond acceptors (Lipinski definition) is 4. The molecule has 0 saturated heterocycles. The number of amides is 2. The highest BCUT2D eigenvalue weighted by molar-refractivity contribution is 7.92. The normalized spacial score (nSPS) is 12.4. The van der Waals surface area contributed by atoms with Crippen LogP contribution in [0.15, 0.2) is 36.4 Å². The van der Waals surface area contributed by atoms with E-state index in [1.807, 2.05) is 13.8 Å². The van der Waals surface area contributed by atoms with Crippen molar-refractivity contribution in [2.75, 3.05) is 23.7 Å². The van der Waals surface area contributed by atoms with Crippen LogP contribution in [0.5, 0.6) is 0 Å². The van der Waals surface area contributed by atoms with Gasteiger partial charge in [0.25, 0.3) is 0 Å². The number of rotatable bonds is 10. The zero-order valence-corrected chi connectivity index (χ0v) is 23.4. The van der Waals surface area contributed by atoms with E-state index in [4.69, 9.17) is 34.8 Å². The molecule has 0 aromatic heterocycles. The predicted molar refractivity (Wildman–Crippen MR) is 143 cm³/mol. The number of carbonyl (C=O) groups excluding carboxylic acids is 2. The molecule has 1 unspecified atom stereocenters.